The second-order valence-corrected chi connectivity index (χ2v) is 4.38. The Morgan fingerprint density at radius 1 is 1.14 bits per heavy atom. The number of carbonyl (C=O) groups is 1. The average molecular weight is 286 g/mol. The molecule has 108 valence electrons. The Bertz CT molecular complexity index is 668. The summed E-state index contributed by atoms with van der Waals surface area (Å²) in [4.78, 5) is 23.1. The first-order chi connectivity index (χ1) is 10.1. The summed E-state index contributed by atoms with van der Waals surface area (Å²) in [6, 6.07) is 11.8. The molecule has 21 heavy (non-hydrogen) atoms. The second kappa shape index (κ2) is 6.04. The molecule has 0 unspecified atom stereocenters. The molecule has 6 nitrogen and oxygen atoms in total. The smallest absolute Gasteiger partial charge is 0.280 e. The minimum atomic E-state index is -0.569. The van der Waals surface area contributed by atoms with Crippen LogP contribution >= 0.6 is 0 Å². The van der Waals surface area contributed by atoms with Gasteiger partial charge >= 0.3 is 0 Å². The van der Waals surface area contributed by atoms with E-state index in [1.165, 1.54) is 12.1 Å². The van der Waals surface area contributed by atoms with Gasteiger partial charge in [-0.3, -0.25) is 14.9 Å². The summed E-state index contributed by atoms with van der Waals surface area (Å²) in [6.07, 6.45) is 0.490. The van der Waals surface area contributed by atoms with Gasteiger partial charge < -0.3 is 9.64 Å². The van der Waals surface area contributed by atoms with Crippen molar-refractivity contribution >= 4 is 23.3 Å². The lowest BCUT2D eigenvalue weighted by Crippen LogP contribution is -2.10. The van der Waals surface area contributed by atoms with E-state index in [4.69, 9.17) is 4.74 Å². The van der Waals surface area contributed by atoms with Gasteiger partial charge in [-0.25, -0.2) is 0 Å². The van der Waals surface area contributed by atoms with Crippen molar-refractivity contribution in [1.82, 2.24) is 0 Å². The monoisotopic (exact) mass is 286 g/mol. The molecule has 0 N–H and O–H groups in total. The van der Waals surface area contributed by atoms with Crippen molar-refractivity contribution in [1.29, 1.82) is 0 Å². The summed E-state index contributed by atoms with van der Waals surface area (Å²) in [5, 5.41) is 10.8. The van der Waals surface area contributed by atoms with E-state index in [0.717, 1.165) is 11.4 Å². The molecule has 0 bridgehead atoms. The van der Waals surface area contributed by atoms with E-state index in [-0.39, 0.29) is 11.3 Å². The van der Waals surface area contributed by atoms with Crippen LogP contribution in [0.4, 0.5) is 17.1 Å². The first-order valence-corrected chi connectivity index (χ1v) is 6.18. The Hall–Kier alpha value is -2.89. The van der Waals surface area contributed by atoms with Crippen molar-refractivity contribution < 1.29 is 14.5 Å². The second-order valence-electron chi connectivity index (χ2n) is 4.38. The number of carbonyl (C=O) groups excluding carboxylic acids is 1. The topological polar surface area (TPSA) is 72.7 Å². The average Bonchev–Trinajstić information content (AvgIpc) is 2.53. The molecule has 0 saturated carbocycles. The number of hydrogen-bond acceptors (Lipinski definition) is 5. The molecule has 0 aliphatic carbocycles. The molecule has 0 aliphatic heterocycles. The van der Waals surface area contributed by atoms with Crippen LogP contribution in [-0.2, 0) is 0 Å². The van der Waals surface area contributed by atoms with Gasteiger partial charge in [0.2, 0.25) is 0 Å². The van der Waals surface area contributed by atoms with E-state index in [9.17, 15) is 14.9 Å². The van der Waals surface area contributed by atoms with E-state index in [0.29, 0.717) is 12.0 Å². The van der Waals surface area contributed by atoms with Gasteiger partial charge in [-0.1, -0.05) is 0 Å². The fraction of sp³-hybridized carbons (Fsp3) is 0.133. The van der Waals surface area contributed by atoms with Crippen LogP contribution in [0.2, 0.25) is 0 Å². The third-order valence-corrected chi connectivity index (χ3v) is 3.18. The van der Waals surface area contributed by atoms with Gasteiger partial charge in [0.05, 0.1) is 17.6 Å². The molecule has 0 fully saturated rings. The number of nitro benzene ring substituents is 1. The minimum absolute atomic E-state index is 0.0536. The van der Waals surface area contributed by atoms with Gasteiger partial charge in [0.15, 0.2) is 6.29 Å². The normalized spacial score (nSPS) is 10.0. The lowest BCUT2D eigenvalue weighted by molar-refractivity contribution is -0.385. The molecule has 6 heteroatoms. The summed E-state index contributed by atoms with van der Waals surface area (Å²) in [5.41, 5.74) is 1.42. The maximum absolute atomic E-state index is 11.0. The molecular formula is C15H14N2O4. The largest absolute Gasteiger partial charge is 0.497 e. The SMILES string of the molecule is COc1ccc(N(C)c2ccc([N+](=O)[O-])c(C=O)c2)cc1. The molecule has 0 heterocycles. The van der Waals surface area contributed by atoms with Crippen molar-refractivity contribution in [2.75, 3.05) is 19.1 Å². The Balaban J connectivity index is 2.36. The standard InChI is InChI=1S/C15H14N2O4/c1-16(12-3-6-14(21-2)7-4-12)13-5-8-15(17(19)20)11(9-13)10-18/h3-10H,1-2H3. The molecule has 0 spiro atoms. The number of nitro groups is 1. The van der Waals surface area contributed by atoms with Crippen molar-refractivity contribution in [3.63, 3.8) is 0 Å². The fourth-order valence-corrected chi connectivity index (χ4v) is 1.97. The summed E-state index contributed by atoms with van der Waals surface area (Å²) in [7, 11) is 3.41. The summed E-state index contributed by atoms with van der Waals surface area (Å²) < 4.78 is 5.09. The van der Waals surface area contributed by atoms with Gasteiger partial charge in [-0.15, -0.1) is 0 Å². The minimum Gasteiger partial charge on any atom is -0.497 e. The van der Waals surface area contributed by atoms with Gasteiger partial charge in [-0.2, -0.15) is 0 Å². The first kappa shape index (κ1) is 14.5. The molecule has 0 radical (unpaired) electrons. The molecule has 2 rings (SSSR count). The first-order valence-electron chi connectivity index (χ1n) is 6.18. The summed E-state index contributed by atoms with van der Waals surface area (Å²) >= 11 is 0. The highest BCUT2D eigenvalue weighted by Gasteiger charge is 2.15. The molecule has 2 aromatic rings. The van der Waals surface area contributed by atoms with Crippen molar-refractivity contribution in [3.8, 4) is 5.75 Å². The predicted molar refractivity (Wildman–Crippen MR) is 79.5 cm³/mol. The number of rotatable bonds is 5. The van der Waals surface area contributed by atoms with Crippen LogP contribution in [0.15, 0.2) is 42.5 Å². The van der Waals surface area contributed by atoms with Gasteiger partial charge in [-0.05, 0) is 36.4 Å². The zero-order valence-electron chi connectivity index (χ0n) is 11.6. The molecule has 0 aliphatic rings. The van der Waals surface area contributed by atoms with E-state index >= 15 is 0 Å². The van der Waals surface area contributed by atoms with Crippen LogP contribution in [-0.4, -0.2) is 25.4 Å². The van der Waals surface area contributed by atoms with Crippen molar-refractivity contribution in [2.24, 2.45) is 0 Å². The number of ether oxygens (including phenoxy) is 1. The maximum Gasteiger partial charge on any atom is 0.280 e. The Morgan fingerprint density at radius 2 is 1.76 bits per heavy atom. The molecule has 0 atom stereocenters. The number of anilines is 2. The van der Waals surface area contributed by atoms with E-state index in [2.05, 4.69) is 0 Å². The van der Waals surface area contributed by atoms with E-state index in [1.54, 1.807) is 13.2 Å². The highest BCUT2D eigenvalue weighted by Crippen LogP contribution is 2.29. The fourth-order valence-electron chi connectivity index (χ4n) is 1.97. The third-order valence-electron chi connectivity index (χ3n) is 3.18. The molecule has 2 aromatic carbocycles. The van der Waals surface area contributed by atoms with Crippen LogP contribution in [0.5, 0.6) is 5.75 Å². The van der Waals surface area contributed by atoms with Crippen LogP contribution in [0, 0.1) is 10.1 Å². The van der Waals surface area contributed by atoms with E-state index in [1.807, 2.05) is 36.2 Å². The van der Waals surface area contributed by atoms with Crippen LogP contribution < -0.4 is 9.64 Å². The van der Waals surface area contributed by atoms with Crippen LogP contribution in [0.1, 0.15) is 10.4 Å². The lowest BCUT2D eigenvalue weighted by Gasteiger charge is -2.20. The van der Waals surface area contributed by atoms with E-state index < -0.39 is 4.92 Å². The van der Waals surface area contributed by atoms with Crippen LogP contribution in [0.3, 0.4) is 0 Å². The Labute approximate surface area is 121 Å². The predicted octanol–water partition coefficient (Wildman–Crippen LogP) is 3.18. The number of benzene rings is 2. The zero-order chi connectivity index (χ0) is 15.4. The Morgan fingerprint density at radius 3 is 2.29 bits per heavy atom. The van der Waals surface area contributed by atoms with Crippen LogP contribution in [0.25, 0.3) is 0 Å². The van der Waals surface area contributed by atoms with Crippen molar-refractivity contribution in [3.05, 3.63) is 58.1 Å². The highest BCUT2D eigenvalue weighted by molar-refractivity contribution is 5.84. The quantitative estimate of drug-likeness (QED) is 0.479. The number of aldehydes is 1. The number of nitrogens with zero attached hydrogens (tertiary/aromatic N) is 2. The van der Waals surface area contributed by atoms with Gasteiger partial charge in [0, 0.05) is 24.5 Å². The van der Waals surface area contributed by atoms with Gasteiger partial charge in [0.25, 0.3) is 5.69 Å². The lowest BCUT2D eigenvalue weighted by atomic mass is 10.1. The van der Waals surface area contributed by atoms with Gasteiger partial charge in [0.1, 0.15) is 5.75 Å². The summed E-state index contributed by atoms with van der Waals surface area (Å²) in [6.45, 7) is 0. The number of methoxy groups -OCH3 is 1. The maximum atomic E-state index is 11.0. The number of hydrogen-bond donors (Lipinski definition) is 0. The zero-order valence-corrected chi connectivity index (χ0v) is 11.6. The summed E-state index contributed by atoms with van der Waals surface area (Å²) in [5.74, 6) is 0.740. The Kier molecular flexibility index (Phi) is 4.18. The molecule has 0 saturated heterocycles. The van der Waals surface area contributed by atoms with Crippen molar-refractivity contribution in [2.45, 2.75) is 0 Å². The molecular weight excluding hydrogens is 272 g/mol. The third kappa shape index (κ3) is 3.00. The molecule has 0 amide bonds. The molecule has 0 aromatic heterocycles. The highest BCUT2D eigenvalue weighted by atomic mass is 16.6.